The Morgan fingerprint density at radius 1 is 1.37 bits per heavy atom. The maximum atomic E-state index is 13.2. The van der Waals surface area contributed by atoms with Gasteiger partial charge in [0.15, 0.2) is 0 Å². The number of allylic oxidation sites excluding steroid dienone is 1. The number of carbonyl (C=O) groups is 1. The molecule has 2 N–H and O–H groups in total. The Labute approximate surface area is 154 Å². The molecule has 0 fully saturated rings. The highest BCUT2D eigenvalue weighted by Crippen LogP contribution is 2.19. The summed E-state index contributed by atoms with van der Waals surface area (Å²) in [5.41, 5.74) is 0.940. The van der Waals surface area contributed by atoms with Crippen LogP contribution in [0.15, 0.2) is 54.1 Å². The monoisotopic (exact) mass is 370 g/mol. The normalized spacial score (nSPS) is 12.1. The van der Waals surface area contributed by atoms with Gasteiger partial charge in [0, 0.05) is 25.0 Å². The zero-order chi connectivity index (χ0) is 19.6. The van der Waals surface area contributed by atoms with Crippen molar-refractivity contribution in [3.05, 3.63) is 71.2 Å². The molecule has 0 aliphatic heterocycles. The Morgan fingerprint density at radius 2 is 2.07 bits per heavy atom. The second-order valence-electron chi connectivity index (χ2n) is 6.14. The molecular weight excluding hydrogens is 351 g/mol. The van der Waals surface area contributed by atoms with E-state index < -0.39 is 17.5 Å². The lowest BCUT2D eigenvalue weighted by Gasteiger charge is -2.12. The molecule has 2 aromatic heterocycles. The van der Waals surface area contributed by atoms with E-state index in [1.165, 1.54) is 27.3 Å². The van der Waals surface area contributed by atoms with E-state index in [2.05, 4.69) is 16.9 Å². The third-order valence-electron chi connectivity index (χ3n) is 4.06. The summed E-state index contributed by atoms with van der Waals surface area (Å²) in [5.74, 6) is -0.865. The molecule has 0 saturated heterocycles. The van der Waals surface area contributed by atoms with Gasteiger partial charge in [0.2, 0.25) is 5.65 Å². The number of hydrogen-bond acceptors (Lipinski definition) is 4. The molecule has 1 amide bonds. The Kier molecular flexibility index (Phi) is 5.18. The fourth-order valence-electron chi connectivity index (χ4n) is 2.70. The van der Waals surface area contributed by atoms with Gasteiger partial charge in [0.05, 0.1) is 12.3 Å². The van der Waals surface area contributed by atoms with E-state index in [0.717, 1.165) is 0 Å². The number of rotatable bonds is 6. The number of nitrogens with one attached hydrogen (secondary N) is 1. The van der Waals surface area contributed by atoms with Crippen molar-refractivity contribution in [2.45, 2.75) is 19.5 Å². The van der Waals surface area contributed by atoms with Gasteiger partial charge >= 0.3 is 0 Å². The summed E-state index contributed by atoms with van der Waals surface area (Å²) < 4.78 is 16.2. The van der Waals surface area contributed by atoms with Gasteiger partial charge in [-0.3, -0.25) is 18.6 Å². The zero-order valence-corrected chi connectivity index (χ0v) is 14.7. The fraction of sp³-hybridized carbons (Fsp3) is 0.211. The molecule has 1 atom stereocenters. The highest BCUT2D eigenvalue weighted by Gasteiger charge is 2.17. The number of carbonyl (C=O) groups excluding carboxylic acids is 1. The van der Waals surface area contributed by atoms with E-state index in [1.54, 1.807) is 31.3 Å². The third-order valence-corrected chi connectivity index (χ3v) is 4.06. The van der Waals surface area contributed by atoms with Crippen LogP contribution < -0.4 is 10.9 Å². The molecule has 7 nitrogen and oxygen atoms in total. The molecule has 0 unspecified atom stereocenters. The highest BCUT2D eigenvalue weighted by molar-refractivity contribution is 5.93. The molecule has 8 heteroatoms. The van der Waals surface area contributed by atoms with Gasteiger partial charge in [-0.25, -0.2) is 9.37 Å². The maximum absolute atomic E-state index is 13.2. The van der Waals surface area contributed by atoms with Crippen LogP contribution in [0.3, 0.4) is 0 Å². The summed E-state index contributed by atoms with van der Waals surface area (Å²) in [6.45, 7) is 5.34. The average Bonchev–Trinajstić information content (AvgIpc) is 3.09. The predicted molar refractivity (Wildman–Crippen MR) is 99.1 cm³/mol. The molecule has 0 aliphatic carbocycles. The Balaban J connectivity index is 2.15. The molecule has 0 spiro atoms. The lowest BCUT2D eigenvalue weighted by molar-refractivity contribution is 0.0918. The predicted octanol–water partition coefficient (Wildman–Crippen LogP) is 1.60. The number of aliphatic hydroxyl groups excluding tert-OH is 1. The van der Waals surface area contributed by atoms with E-state index >= 15 is 0 Å². The van der Waals surface area contributed by atoms with Crippen molar-refractivity contribution in [2.75, 3.05) is 6.61 Å². The smallest absolute Gasteiger partial charge is 0.295 e. The lowest BCUT2D eigenvalue weighted by atomic mass is 10.1. The van der Waals surface area contributed by atoms with Gasteiger partial charge < -0.3 is 10.4 Å². The minimum Gasteiger partial charge on any atom is -0.394 e. The minimum absolute atomic E-state index is 0.0637. The van der Waals surface area contributed by atoms with E-state index in [1.807, 2.05) is 0 Å². The van der Waals surface area contributed by atoms with Crippen molar-refractivity contribution in [1.82, 2.24) is 19.3 Å². The largest absolute Gasteiger partial charge is 0.394 e. The summed E-state index contributed by atoms with van der Waals surface area (Å²) >= 11 is 0. The number of nitrogens with zero attached hydrogens (tertiary/aromatic N) is 3. The molecule has 3 aromatic rings. The number of halogens is 1. The molecule has 1 aromatic carbocycles. The van der Waals surface area contributed by atoms with Crippen molar-refractivity contribution in [1.29, 1.82) is 0 Å². The van der Waals surface area contributed by atoms with Crippen LogP contribution in [0.1, 0.15) is 17.4 Å². The molecule has 0 bridgehead atoms. The van der Waals surface area contributed by atoms with Crippen molar-refractivity contribution < 1.29 is 14.3 Å². The first kappa shape index (κ1) is 18.5. The van der Waals surface area contributed by atoms with Crippen LogP contribution in [0.5, 0.6) is 0 Å². The maximum Gasteiger partial charge on any atom is 0.295 e. The molecule has 140 valence electrons. The van der Waals surface area contributed by atoms with Crippen molar-refractivity contribution in [2.24, 2.45) is 0 Å². The number of fused-ring (bicyclic) bond motifs is 1. The number of amides is 1. The minimum atomic E-state index is -0.488. The molecule has 0 aliphatic rings. The number of hydrogen-bond donors (Lipinski definition) is 2. The molecule has 0 saturated carbocycles. The molecular formula is C19H19FN4O3. The quantitative estimate of drug-likeness (QED) is 0.645. The topological polar surface area (TPSA) is 88.6 Å². The van der Waals surface area contributed by atoms with E-state index in [0.29, 0.717) is 11.3 Å². The summed E-state index contributed by atoms with van der Waals surface area (Å²) in [7, 11) is 0. The number of aliphatic hydroxyl groups is 1. The second kappa shape index (κ2) is 7.55. The van der Waals surface area contributed by atoms with Gasteiger partial charge in [0.1, 0.15) is 11.5 Å². The number of imidazole rings is 1. The fourth-order valence-corrected chi connectivity index (χ4v) is 2.70. The highest BCUT2D eigenvalue weighted by atomic mass is 19.1. The lowest BCUT2D eigenvalue weighted by Crippen LogP contribution is -2.35. The average molecular weight is 370 g/mol. The van der Waals surface area contributed by atoms with Crippen molar-refractivity contribution in [3.63, 3.8) is 0 Å². The zero-order valence-electron chi connectivity index (χ0n) is 14.7. The summed E-state index contributed by atoms with van der Waals surface area (Å²) in [6, 6.07) is 5.33. The summed E-state index contributed by atoms with van der Waals surface area (Å²) in [5, 5.41) is 11.6. The first-order chi connectivity index (χ1) is 12.9. The van der Waals surface area contributed by atoms with Crippen LogP contribution in [0.25, 0.3) is 16.9 Å². The third kappa shape index (κ3) is 3.65. The molecule has 3 rings (SSSR count). The van der Waals surface area contributed by atoms with Crippen LogP contribution in [-0.2, 0) is 6.54 Å². The molecule has 27 heavy (non-hydrogen) atoms. The first-order valence-electron chi connectivity index (χ1n) is 8.35. The summed E-state index contributed by atoms with van der Waals surface area (Å²) in [4.78, 5) is 29.2. The van der Waals surface area contributed by atoms with Crippen LogP contribution >= 0.6 is 0 Å². The Bertz CT molecular complexity index is 1050. The van der Waals surface area contributed by atoms with E-state index in [4.69, 9.17) is 5.11 Å². The van der Waals surface area contributed by atoms with Gasteiger partial charge in [-0.1, -0.05) is 6.08 Å². The van der Waals surface area contributed by atoms with E-state index in [9.17, 15) is 14.0 Å². The first-order valence-corrected chi connectivity index (χ1v) is 8.35. The summed E-state index contributed by atoms with van der Waals surface area (Å²) in [6.07, 6.45) is 4.68. The number of benzene rings is 1. The Morgan fingerprint density at radius 3 is 2.70 bits per heavy atom. The van der Waals surface area contributed by atoms with Crippen LogP contribution in [0.4, 0.5) is 4.39 Å². The SMILES string of the molecule is C=CCn1c(-c2ccc(F)cc2)cn2cc(C(=O)N[C@@H](C)CO)nc2c1=O. The Hall–Kier alpha value is -3.26. The van der Waals surface area contributed by atoms with Crippen LogP contribution in [0, 0.1) is 5.82 Å². The van der Waals surface area contributed by atoms with Crippen LogP contribution in [-0.4, -0.2) is 37.6 Å². The van der Waals surface area contributed by atoms with Gasteiger partial charge in [0.25, 0.3) is 11.5 Å². The van der Waals surface area contributed by atoms with Gasteiger partial charge in [-0.2, -0.15) is 0 Å². The van der Waals surface area contributed by atoms with Crippen molar-refractivity contribution in [3.8, 4) is 11.3 Å². The van der Waals surface area contributed by atoms with Crippen LogP contribution in [0.2, 0.25) is 0 Å². The standard InChI is InChI=1S/C19H19FN4O3/c1-3-8-24-16(13-4-6-14(20)7-5-13)10-23-9-15(22-17(23)19(24)27)18(26)21-12(2)11-25/h3-7,9-10,12,25H,1,8,11H2,2H3,(H,21,26)/t12-/m0/s1. The molecule has 0 radical (unpaired) electrons. The van der Waals surface area contributed by atoms with Crippen molar-refractivity contribution >= 4 is 11.6 Å². The van der Waals surface area contributed by atoms with Gasteiger partial charge in [-0.05, 0) is 36.8 Å². The van der Waals surface area contributed by atoms with E-state index in [-0.39, 0.29) is 30.3 Å². The second-order valence-corrected chi connectivity index (χ2v) is 6.14. The molecule has 2 heterocycles. The number of aromatic nitrogens is 3. The van der Waals surface area contributed by atoms with Gasteiger partial charge in [-0.15, -0.1) is 6.58 Å².